The molecule has 2 unspecified atom stereocenters. The number of rotatable bonds is 3. The summed E-state index contributed by atoms with van der Waals surface area (Å²) < 4.78 is 5.40. The van der Waals surface area contributed by atoms with Crippen LogP contribution in [0, 0.1) is 11.3 Å². The summed E-state index contributed by atoms with van der Waals surface area (Å²) in [6.45, 7) is 6.76. The molecule has 1 fully saturated rings. The lowest BCUT2D eigenvalue weighted by atomic mass is 9.64. The van der Waals surface area contributed by atoms with Crippen LogP contribution in [-0.4, -0.2) is 17.8 Å². The Morgan fingerprint density at radius 1 is 1.26 bits per heavy atom. The third-order valence-corrected chi connectivity index (χ3v) is 4.15. The summed E-state index contributed by atoms with van der Waals surface area (Å²) in [4.78, 5) is 0. The molecule has 0 saturated heterocycles. The highest BCUT2D eigenvalue weighted by atomic mass is 16.5. The summed E-state index contributed by atoms with van der Waals surface area (Å²) in [5.74, 6) is 1.45. The first-order chi connectivity index (χ1) is 8.84. The fourth-order valence-corrected chi connectivity index (χ4v) is 4.04. The average molecular weight is 262 g/mol. The molecule has 1 aromatic carbocycles. The van der Waals surface area contributed by atoms with Crippen LogP contribution in [0.2, 0.25) is 0 Å². The maximum absolute atomic E-state index is 11.0. The van der Waals surface area contributed by atoms with Gasteiger partial charge in [0.15, 0.2) is 0 Å². The normalized spacial score (nSPS) is 30.1. The molecule has 19 heavy (non-hydrogen) atoms. The van der Waals surface area contributed by atoms with Crippen molar-refractivity contribution in [2.75, 3.05) is 7.11 Å². The minimum Gasteiger partial charge on any atom is -0.496 e. The summed E-state index contributed by atoms with van der Waals surface area (Å²) in [7, 11) is 1.69. The second kappa shape index (κ2) is 5.16. The van der Waals surface area contributed by atoms with Crippen LogP contribution in [0.1, 0.15) is 45.6 Å². The third kappa shape index (κ3) is 3.50. The summed E-state index contributed by atoms with van der Waals surface area (Å²) in [6.07, 6.45) is 3.63. The minimum absolute atomic E-state index is 0.217. The Balaban J connectivity index is 2.21. The van der Waals surface area contributed by atoms with Gasteiger partial charge in [0.1, 0.15) is 5.75 Å². The van der Waals surface area contributed by atoms with Crippen molar-refractivity contribution in [3.05, 3.63) is 29.8 Å². The van der Waals surface area contributed by atoms with Crippen LogP contribution < -0.4 is 4.74 Å². The maximum atomic E-state index is 11.0. The first-order valence-electron chi connectivity index (χ1n) is 7.18. The van der Waals surface area contributed by atoms with Crippen LogP contribution in [0.15, 0.2) is 24.3 Å². The van der Waals surface area contributed by atoms with Gasteiger partial charge in [-0.05, 0) is 42.2 Å². The molecule has 1 aromatic rings. The van der Waals surface area contributed by atoms with E-state index in [9.17, 15) is 5.11 Å². The van der Waals surface area contributed by atoms with Crippen LogP contribution in [0.4, 0.5) is 0 Å². The van der Waals surface area contributed by atoms with E-state index in [0.717, 1.165) is 24.2 Å². The van der Waals surface area contributed by atoms with Crippen LogP contribution in [0.25, 0.3) is 0 Å². The molecule has 106 valence electrons. The van der Waals surface area contributed by atoms with Crippen LogP contribution in [0.5, 0.6) is 5.75 Å². The molecule has 0 bridgehead atoms. The Labute approximate surface area is 116 Å². The smallest absolute Gasteiger partial charge is 0.122 e. The molecule has 2 heteroatoms. The number of ether oxygens (including phenoxy) is 1. The van der Waals surface area contributed by atoms with Gasteiger partial charge >= 0.3 is 0 Å². The summed E-state index contributed by atoms with van der Waals surface area (Å²) in [5.41, 5.74) is 0.724. The Hall–Kier alpha value is -1.02. The van der Waals surface area contributed by atoms with Crippen molar-refractivity contribution >= 4 is 0 Å². The lowest BCUT2D eigenvalue weighted by Crippen LogP contribution is -2.43. The monoisotopic (exact) mass is 262 g/mol. The molecule has 0 heterocycles. The number of para-hydroxylation sites is 1. The molecule has 1 aliphatic rings. The molecule has 0 aromatic heterocycles. The average Bonchev–Trinajstić information content (AvgIpc) is 2.25. The fraction of sp³-hybridized carbons (Fsp3) is 0.647. The van der Waals surface area contributed by atoms with Crippen molar-refractivity contribution < 1.29 is 9.84 Å². The summed E-state index contributed by atoms with van der Waals surface area (Å²) in [6, 6.07) is 8.01. The molecule has 2 atom stereocenters. The molecule has 1 N–H and O–H groups in total. The third-order valence-electron chi connectivity index (χ3n) is 4.15. The van der Waals surface area contributed by atoms with Crippen molar-refractivity contribution in [1.29, 1.82) is 0 Å². The van der Waals surface area contributed by atoms with Gasteiger partial charge < -0.3 is 9.84 Å². The van der Waals surface area contributed by atoms with Crippen LogP contribution >= 0.6 is 0 Å². The Morgan fingerprint density at radius 3 is 2.58 bits per heavy atom. The van der Waals surface area contributed by atoms with Gasteiger partial charge in [-0.2, -0.15) is 0 Å². The van der Waals surface area contributed by atoms with Crippen molar-refractivity contribution in [3.63, 3.8) is 0 Å². The second-order valence-corrected chi connectivity index (χ2v) is 7.07. The Kier molecular flexibility index (Phi) is 3.91. The van der Waals surface area contributed by atoms with Crippen molar-refractivity contribution in [3.8, 4) is 5.75 Å². The van der Waals surface area contributed by atoms with Gasteiger partial charge in [0.05, 0.1) is 12.7 Å². The molecular formula is C17H26O2. The first kappa shape index (κ1) is 14.4. The molecule has 2 nitrogen and oxygen atoms in total. The van der Waals surface area contributed by atoms with E-state index in [-0.39, 0.29) is 5.41 Å². The van der Waals surface area contributed by atoms with Gasteiger partial charge in [-0.25, -0.2) is 0 Å². The van der Waals surface area contributed by atoms with Gasteiger partial charge in [0.2, 0.25) is 0 Å². The number of methoxy groups -OCH3 is 1. The molecule has 0 spiro atoms. The van der Waals surface area contributed by atoms with E-state index in [0.29, 0.717) is 12.3 Å². The van der Waals surface area contributed by atoms with E-state index in [4.69, 9.17) is 4.74 Å². The lowest BCUT2D eigenvalue weighted by molar-refractivity contribution is -0.0577. The van der Waals surface area contributed by atoms with Gasteiger partial charge in [0.25, 0.3) is 0 Å². The Bertz CT molecular complexity index is 439. The van der Waals surface area contributed by atoms with E-state index in [1.807, 2.05) is 18.2 Å². The summed E-state index contributed by atoms with van der Waals surface area (Å²) in [5, 5.41) is 11.0. The minimum atomic E-state index is -0.601. The van der Waals surface area contributed by atoms with Crippen molar-refractivity contribution in [2.24, 2.45) is 11.3 Å². The van der Waals surface area contributed by atoms with Gasteiger partial charge in [-0.15, -0.1) is 0 Å². The van der Waals surface area contributed by atoms with E-state index in [2.05, 4.69) is 26.8 Å². The zero-order chi connectivity index (χ0) is 14.1. The van der Waals surface area contributed by atoms with Crippen molar-refractivity contribution in [1.82, 2.24) is 0 Å². The zero-order valence-electron chi connectivity index (χ0n) is 12.6. The summed E-state index contributed by atoms with van der Waals surface area (Å²) >= 11 is 0. The van der Waals surface area contributed by atoms with E-state index in [1.165, 1.54) is 6.42 Å². The second-order valence-electron chi connectivity index (χ2n) is 7.07. The first-order valence-corrected chi connectivity index (χ1v) is 7.18. The SMILES string of the molecule is COc1ccccc1CC1(O)CC(C)CC(C)(C)C1. The van der Waals surface area contributed by atoms with E-state index >= 15 is 0 Å². The van der Waals surface area contributed by atoms with Crippen LogP contribution in [0.3, 0.4) is 0 Å². The zero-order valence-corrected chi connectivity index (χ0v) is 12.6. The molecular weight excluding hydrogens is 236 g/mol. The Morgan fingerprint density at radius 2 is 1.95 bits per heavy atom. The van der Waals surface area contributed by atoms with Crippen LogP contribution in [-0.2, 0) is 6.42 Å². The quantitative estimate of drug-likeness (QED) is 0.897. The molecule has 2 rings (SSSR count). The largest absolute Gasteiger partial charge is 0.496 e. The van der Waals surface area contributed by atoms with Gasteiger partial charge in [-0.1, -0.05) is 39.0 Å². The molecule has 0 radical (unpaired) electrons. The van der Waals surface area contributed by atoms with E-state index < -0.39 is 5.60 Å². The van der Waals surface area contributed by atoms with Gasteiger partial charge in [-0.3, -0.25) is 0 Å². The number of hydrogen-bond acceptors (Lipinski definition) is 2. The highest BCUT2D eigenvalue weighted by Crippen LogP contribution is 2.45. The predicted octanol–water partition coefficient (Wildman–Crippen LogP) is 3.82. The van der Waals surface area contributed by atoms with E-state index in [1.54, 1.807) is 7.11 Å². The molecule has 1 saturated carbocycles. The fourth-order valence-electron chi connectivity index (χ4n) is 4.04. The highest BCUT2D eigenvalue weighted by Gasteiger charge is 2.41. The lowest BCUT2D eigenvalue weighted by Gasteiger charge is -2.45. The highest BCUT2D eigenvalue weighted by molar-refractivity contribution is 5.34. The maximum Gasteiger partial charge on any atom is 0.122 e. The van der Waals surface area contributed by atoms with Crippen molar-refractivity contribution in [2.45, 2.75) is 52.1 Å². The molecule has 0 aliphatic heterocycles. The standard InChI is InChI=1S/C17H26O2/c1-13-9-16(2,3)12-17(18,10-13)11-14-7-5-6-8-15(14)19-4/h5-8,13,18H,9-12H2,1-4H3. The molecule has 1 aliphatic carbocycles. The molecule has 0 amide bonds. The predicted molar refractivity (Wildman–Crippen MR) is 78.4 cm³/mol. The number of hydrogen-bond donors (Lipinski definition) is 1. The van der Waals surface area contributed by atoms with Gasteiger partial charge in [0, 0.05) is 6.42 Å². The topological polar surface area (TPSA) is 29.5 Å². The number of aliphatic hydroxyl groups is 1. The number of benzene rings is 1.